The molecule has 0 fully saturated rings. The van der Waals surface area contributed by atoms with Crippen molar-refractivity contribution in [1.29, 1.82) is 0 Å². The van der Waals surface area contributed by atoms with Gasteiger partial charge in [-0.2, -0.15) is 5.10 Å². The summed E-state index contributed by atoms with van der Waals surface area (Å²) < 4.78 is 1.94. The monoisotopic (exact) mass is 257 g/mol. The minimum atomic E-state index is 0.496. The van der Waals surface area contributed by atoms with Gasteiger partial charge in [-0.25, -0.2) is 0 Å². The number of aromatic nitrogens is 2. The molecule has 0 bridgehead atoms. The molecule has 0 saturated heterocycles. The van der Waals surface area contributed by atoms with E-state index in [1.54, 1.807) is 0 Å². The summed E-state index contributed by atoms with van der Waals surface area (Å²) in [4.78, 5) is 0. The third-order valence-corrected chi connectivity index (χ3v) is 4.08. The fourth-order valence-corrected chi connectivity index (χ4v) is 2.57. The zero-order chi connectivity index (χ0) is 13.0. The highest BCUT2D eigenvalue weighted by Gasteiger charge is 2.20. The Morgan fingerprint density at radius 2 is 2.06 bits per heavy atom. The van der Waals surface area contributed by atoms with E-state index in [4.69, 9.17) is 11.6 Å². The molecule has 1 N–H and O–H groups in total. The molecule has 1 heterocycles. The van der Waals surface area contributed by atoms with Gasteiger partial charge >= 0.3 is 0 Å². The molecular weight excluding hydrogens is 234 g/mol. The molecule has 1 aromatic heterocycles. The van der Waals surface area contributed by atoms with E-state index in [1.807, 2.05) is 18.8 Å². The van der Waals surface area contributed by atoms with Gasteiger partial charge in [-0.1, -0.05) is 31.9 Å². The fourth-order valence-electron chi connectivity index (χ4n) is 2.20. The lowest BCUT2D eigenvalue weighted by Gasteiger charge is -2.22. The summed E-state index contributed by atoms with van der Waals surface area (Å²) >= 11 is 6.37. The van der Waals surface area contributed by atoms with Crippen molar-refractivity contribution in [2.24, 2.45) is 13.0 Å². The van der Waals surface area contributed by atoms with E-state index in [9.17, 15) is 0 Å². The van der Waals surface area contributed by atoms with Gasteiger partial charge in [0, 0.05) is 13.1 Å². The molecule has 2 unspecified atom stereocenters. The predicted molar refractivity (Wildman–Crippen MR) is 73.6 cm³/mol. The Bertz CT molecular complexity index is 360. The van der Waals surface area contributed by atoms with Crippen molar-refractivity contribution in [3.63, 3.8) is 0 Å². The number of nitrogens with zero attached hydrogens (tertiary/aromatic N) is 2. The van der Waals surface area contributed by atoms with Gasteiger partial charge < -0.3 is 5.32 Å². The van der Waals surface area contributed by atoms with E-state index >= 15 is 0 Å². The van der Waals surface area contributed by atoms with Crippen molar-refractivity contribution >= 4 is 11.6 Å². The van der Waals surface area contributed by atoms with Crippen LogP contribution in [0.25, 0.3) is 0 Å². The first-order chi connectivity index (χ1) is 8.04. The van der Waals surface area contributed by atoms with E-state index in [-0.39, 0.29) is 0 Å². The summed E-state index contributed by atoms with van der Waals surface area (Å²) in [5.74, 6) is 0.595. The Hall–Kier alpha value is -0.540. The highest BCUT2D eigenvalue weighted by atomic mass is 35.5. The maximum atomic E-state index is 6.37. The maximum absolute atomic E-state index is 6.37. The molecular formula is C13H24ClN3. The van der Waals surface area contributed by atoms with Crippen LogP contribution >= 0.6 is 11.6 Å². The van der Waals surface area contributed by atoms with Crippen LogP contribution in [0, 0.1) is 5.92 Å². The number of nitrogens with one attached hydrogen (secondary N) is 1. The molecule has 0 amide bonds. The van der Waals surface area contributed by atoms with Gasteiger partial charge in [0.1, 0.15) is 0 Å². The number of hydrogen-bond donors (Lipinski definition) is 1. The molecule has 1 aromatic rings. The van der Waals surface area contributed by atoms with Crippen LogP contribution in [0.4, 0.5) is 0 Å². The number of aryl methyl sites for hydroxylation is 2. The van der Waals surface area contributed by atoms with Gasteiger partial charge in [-0.15, -0.1) is 0 Å². The van der Waals surface area contributed by atoms with Crippen molar-refractivity contribution in [3.05, 3.63) is 16.4 Å². The van der Waals surface area contributed by atoms with E-state index in [1.165, 1.54) is 0 Å². The topological polar surface area (TPSA) is 29.9 Å². The van der Waals surface area contributed by atoms with E-state index in [0.717, 1.165) is 35.7 Å². The normalized spacial score (nSPS) is 14.9. The molecule has 0 saturated carbocycles. The Morgan fingerprint density at radius 3 is 2.47 bits per heavy atom. The predicted octanol–water partition coefficient (Wildman–Crippen LogP) is 2.81. The van der Waals surface area contributed by atoms with Gasteiger partial charge in [0.15, 0.2) is 0 Å². The first kappa shape index (κ1) is 14.5. The van der Waals surface area contributed by atoms with Crippen LogP contribution in [0.3, 0.4) is 0 Å². The third kappa shape index (κ3) is 3.23. The molecule has 0 aliphatic heterocycles. The zero-order valence-electron chi connectivity index (χ0n) is 11.5. The average Bonchev–Trinajstić information content (AvgIpc) is 2.61. The van der Waals surface area contributed by atoms with Crippen LogP contribution in [-0.4, -0.2) is 22.9 Å². The summed E-state index contributed by atoms with van der Waals surface area (Å²) in [7, 11) is 3.99. The van der Waals surface area contributed by atoms with Gasteiger partial charge in [0.05, 0.1) is 16.4 Å². The largest absolute Gasteiger partial charge is 0.317 e. The standard InChI is InChI=1S/C13H24ClN3/c1-6-10(9(3)15-4)8-12-13(14)11(7-2)16-17(12)5/h9-10,15H,6-8H2,1-5H3. The number of hydrogen-bond acceptors (Lipinski definition) is 2. The summed E-state index contributed by atoms with van der Waals surface area (Å²) in [5, 5.41) is 8.65. The van der Waals surface area contributed by atoms with Crippen LogP contribution in [0.15, 0.2) is 0 Å². The van der Waals surface area contributed by atoms with Gasteiger partial charge in [0.2, 0.25) is 0 Å². The van der Waals surface area contributed by atoms with Gasteiger partial charge in [-0.3, -0.25) is 4.68 Å². The molecule has 17 heavy (non-hydrogen) atoms. The fraction of sp³-hybridized carbons (Fsp3) is 0.769. The van der Waals surface area contributed by atoms with Crippen LogP contribution in [0.5, 0.6) is 0 Å². The highest BCUT2D eigenvalue weighted by molar-refractivity contribution is 6.31. The molecule has 0 spiro atoms. The van der Waals surface area contributed by atoms with Crippen LogP contribution in [0.2, 0.25) is 5.02 Å². The van der Waals surface area contributed by atoms with Crippen molar-refractivity contribution in [1.82, 2.24) is 15.1 Å². The van der Waals surface area contributed by atoms with Crippen molar-refractivity contribution in [2.45, 2.75) is 46.1 Å². The quantitative estimate of drug-likeness (QED) is 0.849. The number of halogens is 1. The van der Waals surface area contributed by atoms with Crippen LogP contribution in [0.1, 0.15) is 38.6 Å². The molecule has 0 radical (unpaired) electrons. The van der Waals surface area contributed by atoms with Crippen LogP contribution < -0.4 is 5.32 Å². The molecule has 4 heteroatoms. The van der Waals surface area contributed by atoms with E-state index < -0.39 is 0 Å². The average molecular weight is 258 g/mol. The second-order valence-corrected chi connectivity index (χ2v) is 5.01. The summed E-state index contributed by atoms with van der Waals surface area (Å²) in [5.41, 5.74) is 2.17. The Kier molecular flexibility index (Phi) is 5.47. The molecule has 2 atom stereocenters. The second kappa shape index (κ2) is 6.41. The lowest BCUT2D eigenvalue weighted by atomic mass is 9.93. The molecule has 0 aromatic carbocycles. The minimum Gasteiger partial charge on any atom is -0.317 e. The summed E-state index contributed by atoms with van der Waals surface area (Å²) in [6.45, 7) is 6.54. The Balaban J connectivity index is 2.89. The molecule has 0 aliphatic carbocycles. The van der Waals surface area contributed by atoms with Gasteiger partial charge in [-0.05, 0) is 32.7 Å². The smallest absolute Gasteiger partial charge is 0.0849 e. The number of rotatable bonds is 6. The van der Waals surface area contributed by atoms with E-state index in [0.29, 0.717) is 12.0 Å². The lowest BCUT2D eigenvalue weighted by molar-refractivity contribution is 0.374. The Morgan fingerprint density at radius 1 is 1.41 bits per heavy atom. The first-order valence-electron chi connectivity index (χ1n) is 6.42. The maximum Gasteiger partial charge on any atom is 0.0849 e. The van der Waals surface area contributed by atoms with Gasteiger partial charge in [0.25, 0.3) is 0 Å². The van der Waals surface area contributed by atoms with Crippen molar-refractivity contribution in [2.75, 3.05) is 7.05 Å². The highest BCUT2D eigenvalue weighted by Crippen LogP contribution is 2.25. The van der Waals surface area contributed by atoms with Crippen molar-refractivity contribution < 1.29 is 0 Å². The molecule has 0 aliphatic rings. The SMILES string of the molecule is CCc1nn(C)c(CC(CC)C(C)NC)c1Cl. The lowest BCUT2D eigenvalue weighted by Crippen LogP contribution is -2.31. The molecule has 1 rings (SSSR count). The van der Waals surface area contributed by atoms with E-state index in [2.05, 4.69) is 31.2 Å². The zero-order valence-corrected chi connectivity index (χ0v) is 12.3. The van der Waals surface area contributed by atoms with Crippen molar-refractivity contribution in [3.8, 4) is 0 Å². The van der Waals surface area contributed by atoms with Crippen LogP contribution in [-0.2, 0) is 19.9 Å². The summed E-state index contributed by atoms with van der Waals surface area (Å²) in [6, 6.07) is 0.496. The molecule has 98 valence electrons. The molecule has 3 nitrogen and oxygen atoms in total. The minimum absolute atomic E-state index is 0.496. The third-order valence-electron chi connectivity index (χ3n) is 3.65. The second-order valence-electron chi connectivity index (χ2n) is 4.63. The summed E-state index contributed by atoms with van der Waals surface area (Å²) in [6.07, 6.45) is 3.02. The first-order valence-corrected chi connectivity index (χ1v) is 6.80. The Labute approximate surface area is 110 Å².